The SMILES string of the molecule is CS(=O)(=O)O[C@@H]([C@H](OS(C)(=O)=O)[C@@H](O)CO)[C@H](O)CO. The maximum Gasteiger partial charge on any atom is 0.264 e. The highest BCUT2D eigenvalue weighted by atomic mass is 32.2. The van der Waals surface area contributed by atoms with Gasteiger partial charge in [-0.3, -0.25) is 8.37 Å². The van der Waals surface area contributed by atoms with Gasteiger partial charge in [0.15, 0.2) is 0 Å². The molecule has 0 amide bonds. The molecule has 0 aliphatic heterocycles. The highest BCUT2D eigenvalue weighted by molar-refractivity contribution is 7.86. The average Bonchev–Trinajstić information content (AvgIpc) is 2.29. The molecule has 0 aliphatic rings. The Morgan fingerprint density at radius 3 is 1.20 bits per heavy atom. The normalized spacial score (nSPS) is 19.3. The lowest BCUT2D eigenvalue weighted by Crippen LogP contribution is -2.51. The van der Waals surface area contributed by atoms with E-state index in [0.29, 0.717) is 12.5 Å². The second-order valence-corrected chi connectivity index (χ2v) is 7.23. The van der Waals surface area contributed by atoms with E-state index in [9.17, 15) is 27.0 Å². The van der Waals surface area contributed by atoms with Crippen LogP contribution in [0.1, 0.15) is 0 Å². The molecule has 0 aromatic heterocycles. The first kappa shape index (κ1) is 19.7. The van der Waals surface area contributed by atoms with Crippen LogP contribution in [0.4, 0.5) is 0 Å². The van der Waals surface area contributed by atoms with Gasteiger partial charge >= 0.3 is 0 Å². The van der Waals surface area contributed by atoms with Crippen LogP contribution in [-0.2, 0) is 28.6 Å². The number of aliphatic hydroxyl groups is 4. The van der Waals surface area contributed by atoms with Gasteiger partial charge in [0, 0.05) is 0 Å². The van der Waals surface area contributed by atoms with E-state index in [1.807, 2.05) is 0 Å². The molecular formula is C8H18O10S2. The maximum atomic E-state index is 11.1. The minimum absolute atomic E-state index is 0.618. The summed E-state index contributed by atoms with van der Waals surface area (Å²) >= 11 is 0. The molecule has 0 unspecified atom stereocenters. The first-order valence-corrected chi connectivity index (χ1v) is 8.89. The summed E-state index contributed by atoms with van der Waals surface area (Å²) in [5.74, 6) is 0. The molecule has 0 heterocycles. The summed E-state index contributed by atoms with van der Waals surface area (Å²) in [5.41, 5.74) is 0. The molecule has 0 saturated heterocycles. The summed E-state index contributed by atoms with van der Waals surface area (Å²) in [5, 5.41) is 36.6. The maximum absolute atomic E-state index is 11.1. The molecule has 0 aliphatic carbocycles. The molecule has 0 saturated carbocycles. The van der Waals surface area contributed by atoms with E-state index < -0.39 is 57.9 Å². The van der Waals surface area contributed by atoms with Crippen LogP contribution in [0, 0.1) is 0 Å². The van der Waals surface area contributed by atoms with Crippen LogP contribution in [0.2, 0.25) is 0 Å². The quantitative estimate of drug-likeness (QED) is 0.308. The Labute approximate surface area is 116 Å². The van der Waals surface area contributed by atoms with Gasteiger partial charge in [-0.05, 0) is 0 Å². The van der Waals surface area contributed by atoms with Crippen molar-refractivity contribution in [2.24, 2.45) is 0 Å². The van der Waals surface area contributed by atoms with Gasteiger partial charge in [-0.25, -0.2) is 0 Å². The molecular weight excluding hydrogens is 320 g/mol. The van der Waals surface area contributed by atoms with Crippen molar-refractivity contribution in [2.45, 2.75) is 24.4 Å². The summed E-state index contributed by atoms with van der Waals surface area (Å²) in [4.78, 5) is 0. The zero-order chi connectivity index (χ0) is 16.1. The van der Waals surface area contributed by atoms with Crippen molar-refractivity contribution in [3.63, 3.8) is 0 Å². The number of rotatable bonds is 9. The van der Waals surface area contributed by atoms with Crippen molar-refractivity contribution in [1.82, 2.24) is 0 Å². The zero-order valence-corrected chi connectivity index (χ0v) is 12.4. The van der Waals surface area contributed by atoms with E-state index in [2.05, 4.69) is 8.37 Å². The van der Waals surface area contributed by atoms with Crippen LogP contribution in [0.25, 0.3) is 0 Å². The third-order valence-corrected chi connectivity index (χ3v) is 3.17. The predicted molar refractivity (Wildman–Crippen MR) is 65.6 cm³/mol. The lowest BCUT2D eigenvalue weighted by molar-refractivity contribution is -0.0982. The Balaban J connectivity index is 5.49. The second-order valence-electron chi connectivity index (χ2n) is 4.03. The van der Waals surface area contributed by atoms with Crippen LogP contribution in [-0.4, -0.2) is 87.4 Å². The molecule has 20 heavy (non-hydrogen) atoms. The predicted octanol–water partition coefficient (Wildman–Crippen LogP) is -3.62. The fourth-order valence-electron chi connectivity index (χ4n) is 1.29. The monoisotopic (exact) mass is 338 g/mol. The van der Waals surface area contributed by atoms with Gasteiger partial charge in [-0.15, -0.1) is 0 Å². The Bertz CT molecular complexity index is 437. The average molecular weight is 338 g/mol. The van der Waals surface area contributed by atoms with Gasteiger partial charge in [0.05, 0.1) is 25.7 Å². The summed E-state index contributed by atoms with van der Waals surface area (Å²) in [6, 6.07) is 0. The van der Waals surface area contributed by atoms with Crippen LogP contribution >= 0.6 is 0 Å². The summed E-state index contributed by atoms with van der Waals surface area (Å²) in [7, 11) is -8.32. The molecule has 0 radical (unpaired) electrons. The summed E-state index contributed by atoms with van der Waals surface area (Å²) in [6.45, 7) is -1.97. The molecule has 4 atom stereocenters. The molecule has 4 N–H and O–H groups in total. The number of hydrogen-bond acceptors (Lipinski definition) is 10. The van der Waals surface area contributed by atoms with Crippen molar-refractivity contribution in [2.75, 3.05) is 25.7 Å². The Hall–Kier alpha value is -0.340. The minimum Gasteiger partial charge on any atom is -0.394 e. The lowest BCUT2D eigenvalue weighted by atomic mass is 10.0. The molecule has 0 aromatic carbocycles. The summed E-state index contributed by atoms with van der Waals surface area (Å²) < 4.78 is 53.2. The number of aliphatic hydroxyl groups excluding tert-OH is 4. The van der Waals surface area contributed by atoms with E-state index in [1.165, 1.54) is 0 Å². The molecule has 12 heteroatoms. The Morgan fingerprint density at radius 1 is 0.800 bits per heavy atom. The smallest absolute Gasteiger partial charge is 0.264 e. The van der Waals surface area contributed by atoms with Gasteiger partial charge in [-0.2, -0.15) is 16.8 Å². The van der Waals surface area contributed by atoms with Crippen LogP contribution in [0.15, 0.2) is 0 Å². The largest absolute Gasteiger partial charge is 0.394 e. The molecule has 0 aromatic rings. The molecule has 10 nitrogen and oxygen atoms in total. The molecule has 122 valence electrons. The van der Waals surface area contributed by atoms with E-state index in [0.717, 1.165) is 0 Å². The first-order valence-electron chi connectivity index (χ1n) is 5.25. The first-order chi connectivity index (χ1) is 8.91. The standard InChI is InChI=1S/C8H18O10S2/c1-19(13,14)17-7(5(11)3-9)8(6(12)4-10)18-20(2,15)16/h5-12H,3-4H2,1-2H3/t5-,6+,7-,8-/m1/s1. The fourth-order valence-corrected chi connectivity index (χ4v) is 2.57. The topological polar surface area (TPSA) is 168 Å². The highest BCUT2D eigenvalue weighted by Gasteiger charge is 2.39. The highest BCUT2D eigenvalue weighted by Crippen LogP contribution is 2.17. The van der Waals surface area contributed by atoms with Crippen molar-refractivity contribution in [1.29, 1.82) is 0 Å². The molecule has 0 bridgehead atoms. The van der Waals surface area contributed by atoms with Crippen LogP contribution < -0.4 is 0 Å². The minimum atomic E-state index is -4.16. The van der Waals surface area contributed by atoms with Gasteiger partial charge in [0.2, 0.25) is 0 Å². The van der Waals surface area contributed by atoms with Gasteiger partial charge in [0.25, 0.3) is 20.2 Å². The molecule has 0 fully saturated rings. The van der Waals surface area contributed by atoms with Gasteiger partial charge < -0.3 is 20.4 Å². The van der Waals surface area contributed by atoms with E-state index >= 15 is 0 Å². The van der Waals surface area contributed by atoms with Crippen molar-refractivity contribution in [3.8, 4) is 0 Å². The molecule has 0 rings (SSSR count). The van der Waals surface area contributed by atoms with Crippen LogP contribution in [0.3, 0.4) is 0 Å². The van der Waals surface area contributed by atoms with Crippen molar-refractivity contribution < 1.29 is 45.6 Å². The molecule has 0 spiro atoms. The third kappa shape index (κ3) is 7.44. The van der Waals surface area contributed by atoms with E-state index in [-0.39, 0.29) is 0 Å². The zero-order valence-electron chi connectivity index (χ0n) is 10.8. The van der Waals surface area contributed by atoms with Crippen molar-refractivity contribution >= 4 is 20.2 Å². The Morgan fingerprint density at radius 2 is 1.05 bits per heavy atom. The van der Waals surface area contributed by atoms with Crippen molar-refractivity contribution in [3.05, 3.63) is 0 Å². The van der Waals surface area contributed by atoms with E-state index in [1.54, 1.807) is 0 Å². The second kappa shape index (κ2) is 7.61. The van der Waals surface area contributed by atoms with Gasteiger partial charge in [-0.1, -0.05) is 0 Å². The fraction of sp³-hybridized carbons (Fsp3) is 1.00. The Kier molecular flexibility index (Phi) is 7.48. The lowest BCUT2D eigenvalue weighted by Gasteiger charge is -2.30. The van der Waals surface area contributed by atoms with E-state index in [4.69, 9.17) is 10.2 Å². The summed E-state index contributed by atoms with van der Waals surface area (Å²) in [6.07, 6.45) is -6.34. The van der Waals surface area contributed by atoms with Crippen LogP contribution in [0.5, 0.6) is 0 Å². The third-order valence-electron chi connectivity index (χ3n) is 2.03. The van der Waals surface area contributed by atoms with Gasteiger partial charge in [0.1, 0.15) is 24.4 Å². The number of hydrogen-bond donors (Lipinski definition) is 4.